The molecule has 1 saturated heterocycles. The summed E-state index contributed by atoms with van der Waals surface area (Å²) in [5, 5.41) is 2.97. The summed E-state index contributed by atoms with van der Waals surface area (Å²) in [5.74, 6) is 0.955. The summed E-state index contributed by atoms with van der Waals surface area (Å²) in [4.78, 5) is 14.1. The van der Waals surface area contributed by atoms with Crippen molar-refractivity contribution < 1.29 is 9.53 Å². The predicted molar refractivity (Wildman–Crippen MR) is 82.8 cm³/mol. The minimum absolute atomic E-state index is 0.154. The molecule has 4 nitrogen and oxygen atoms in total. The molecule has 1 heterocycles. The molecule has 0 saturated carbocycles. The van der Waals surface area contributed by atoms with Crippen LogP contribution in [-0.4, -0.2) is 49.2 Å². The number of carbonyl (C=O) groups is 1. The van der Waals surface area contributed by atoms with Crippen LogP contribution in [0.3, 0.4) is 0 Å². The lowest BCUT2D eigenvalue weighted by molar-refractivity contribution is -0.123. The Balaban J connectivity index is 2.23. The van der Waals surface area contributed by atoms with Crippen molar-refractivity contribution in [3.05, 3.63) is 0 Å². The molecule has 0 bridgehead atoms. The molecule has 1 aliphatic rings. The lowest BCUT2D eigenvalue weighted by Gasteiger charge is -2.37. The fraction of sp³-hybridized carbons (Fsp3) is 0.938. The van der Waals surface area contributed by atoms with Crippen molar-refractivity contribution in [1.29, 1.82) is 0 Å². The SMILES string of the molecule is CCOCCC[C@@H]1CCN(CC(=O)NC(C)C)[C@H](C)C1. The van der Waals surface area contributed by atoms with Crippen molar-refractivity contribution in [3.8, 4) is 0 Å². The first-order valence-electron chi connectivity index (χ1n) is 8.14. The second kappa shape index (κ2) is 9.35. The van der Waals surface area contributed by atoms with E-state index < -0.39 is 0 Å². The van der Waals surface area contributed by atoms with E-state index in [1.54, 1.807) is 0 Å². The molecule has 1 amide bonds. The highest BCUT2D eigenvalue weighted by atomic mass is 16.5. The first-order chi connectivity index (χ1) is 9.52. The topological polar surface area (TPSA) is 41.6 Å². The molecule has 0 aromatic rings. The Morgan fingerprint density at radius 1 is 1.45 bits per heavy atom. The molecule has 0 aromatic carbocycles. The van der Waals surface area contributed by atoms with Gasteiger partial charge < -0.3 is 10.1 Å². The van der Waals surface area contributed by atoms with Crippen LogP contribution in [0.25, 0.3) is 0 Å². The van der Waals surface area contributed by atoms with Crippen LogP contribution in [0.5, 0.6) is 0 Å². The van der Waals surface area contributed by atoms with Gasteiger partial charge in [0.05, 0.1) is 6.54 Å². The number of piperidine rings is 1. The number of ether oxygens (including phenoxy) is 1. The number of amides is 1. The number of likely N-dealkylation sites (tertiary alicyclic amines) is 1. The van der Waals surface area contributed by atoms with Gasteiger partial charge in [-0.1, -0.05) is 0 Å². The third-order valence-electron chi connectivity index (χ3n) is 4.02. The third kappa shape index (κ3) is 6.71. The Labute approximate surface area is 124 Å². The lowest BCUT2D eigenvalue weighted by Crippen LogP contribution is -2.47. The van der Waals surface area contributed by atoms with E-state index in [-0.39, 0.29) is 11.9 Å². The maximum Gasteiger partial charge on any atom is 0.234 e. The Morgan fingerprint density at radius 2 is 2.20 bits per heavy atom. The number of rotatable bonds is 8. The van der Waals surface area contributed by atoms with Gasteiger partial charge >= 0.3 is 0 Å². The highest BCUT2D eigenvalue weighted by molar-refractivity contribution is 5.78. The first-order valence-corrected chi connectivity index (χ1v) is 8.14. The highest BCUT2D eigenvalue weighted by Gasteiger charge is 2.26. The van der Waals surface area contributed by atoms with Crippen molar-refractivity contribution in [3.63, 3.8) is 0 Å². The Kier molecular flexibility index (Phi) is 8.15. The van der Waals surface area contributed by atoms with Gasteiger partial charge in [-0.2, -0.15) is 0 Å². The van der Waals surface area contributed by atoms with E-state index in [9.17, 15) is 4.79 Å². The Hall–Kier alpha value is -0.610. The van der Waals surface area contributed by atoms with Gasteiger partial charge in [0.1, 0.15) is 0 Å². The van der Waals surface area contributed by atoms with Crippen molar-refractivity contribution in [2.24, 2.45) is 5.92 Å². The molecule has 2 atom stereocenters. The molecular weight excluding hydrogens is 252 g/mol. The van der Waals surface area contributed by atoms with Crippen LogP contribution in [0.15, 0.2) is 0 Å². The summed E-state index contributed by atoms with van der Waals surface area (Å²) in [6.45, 7) is 11.6. The number of hydrogen-bond acceptors (Lipinski definition) is 3. The van der Waals surface area contributed by atoms with Gasteiger partial charge in [0.25, 0.3) is 0 Å². The summed E-state index contributed by atoms with van der Waals surface area (Å²) in [7, 11) is 0. The summed E-state index contributed by atoms with van der Waals surface area (Å²) in [5.41, 5.74) is 0. The van der Waals surface area contributed by atoms with Gasteiger partial charge in [0.2, 0.25) is 5.91 Å². The maximum atomic E-state index is 11.8. The highest BCUT2D eigenvalue weighted by Crippen LogP contribution is 2.26. The fourth-order valence-corrected chi connectivity index (χ4v) is 2.99. The van der Waals surface area contributed by atoms with E-state index in [1.807, 2.05) is 20.8 Å². The van der Waals surface area contributed by atoms with Crippen molar-refractivity contribution in [1.82, 2.24) is 10.2 Å². The molecule has 20 heavy (non-hydrogen) atoms. The first kappa shape index (κ1) is 17.4. The normalized spacial score (nSPS) is 24.1. The quantitative estimate of drug-likeness (QED) is 0.696. The van der Waals surface area contributed by atoms with Crippen LogP contribution in [0.2, 0.25) is 0 Å². The number of nitrogens with zero attached hydrogens (tertiary/aromatic N) is 1. The monoisotopic (exact) mass is 284 g/mol. The molecule has 0 aliphatic carbocycles. The predicted octanol–water partition coefficient (Wildman–Crippen LogP) is 2.43. The van der Waals surface area contributed by atoms with Gasteiger partial charge in [-0.15, -0.1) is 0 Å². The zero-order valence-electron chi connectivity index (χ0n) is 13.7. The largest absolute Gasteiger partial charge is 0.382 e. The number of nitrogens with one attached hydrogen (secondary N) is 1. The summed E-state index contributed by atoms with van der Waals surface area (Å²) < 4.78 is 5.40. The molecule has 1 N–H and O–H groups in total. The van der Waals surface area contributed by atoms with E-state index in [1.165, 1.54) is 25.7 Å². The zero-order chi connectivity index (χ0) is 15.0. The van der Waals surface area contributed by atoms with E-state index in [0.717, 1.165) is 25.7 Å². The molecule has 0 spiro atoms. The van der Waals surface area contributed by atoms with E-state index in [2.05, 4.69) is 17.1 Å². The average molecular weight is 284 g/mol. The second-order valence-corrected chi connectivity index (χ2v) is 6.27. The summed E-state index contributed by atoms with van der Waals surface area (Å²) >= 11 is 0. The third-order valence-corrected chi connectivity index (χ3v) is 4.02. The Bertz CT molecular complexity index is 282. The average Bonchev–Trinajstić information content (AvgIpc) is 2.37. The van der Waals surface area contributed by atoms with Crippen molar-refractivity contribution in [2.75, 3.05) is 26.3 Å². The summed E-state index contributed by atoms with van der Waals surface area (Å²) in [6, 6.07) is 0.743. The number of hydrogen-bond donors (Lipinski definition) is 1. The van der Waals surface area contributed by atoms with Crippen LogP contribution in [0, 0.1) is 5.92 Å². The van der Waals surface area contributed by atoms with Crippen LogP contribution < -0.4 is 5.32 Å². The van der Waals surface area contributed by atoms with Crippen LogP contribution in [0.1, 0.15) is 53.4 Å². The molecular formula is C16H32N2O2. The minimum Gasteiger partial charge on any atom is -0.382 e. The lowest BCUT2D eigenvalue weighted by atomic mass is 9.88. The molecule has 0 unspecified atom stereocenters. The van der Waals surface area contributed by atoms with Crippen LogP contribution in [-0.2, 0) is 9.53 Å². The van der Waals surface area contributed by atoms with Gasteiger partial charge in [-0.25, -0.2) is 0 Å². The molecule has 0 aromatic heterocycles. The summed E-state index contributed by atoms with van der Waals surface area (Å²) in [6.07, 6.45) is 4.85. The van der Waals surface area contributed by atoms with Crippen LogP contribution in [0.4, 0.5) is 0 Å². The Morgan fingerprint density at radius 3 is 2.80 bits per heavy atom. The molecule has 1 fully saturated rings. The standard InChI is InChI=1S/C16H32N2O2/c1-5-20-10-6-7-15-8-9-18(14(4)11-15)12-16(19)17-13(2)3/h13-15H,5-12H2,1-4H3,(H,17,19)/t14-,15-/m1/s1. The zero-order valence-corrected chi connectivity index (χ0v) is 13.7. The van der Waals surface area contributed by atoms with Crippen molar-refractivity contribution >= 4 is 5.91 Å². The van der Waals surface area contributed by atoms with Gasteiger partial charge in [0, 0.05) is 25.3 Å². The molecule has 118 valence electrons. The van der Waals surface area contributed by atoms with E-state index in [4.69, 9.17) is 4.74 Å². The van der Waals surface area contributed by atoms with Crippen molar-refractivity contribution in [2.45, 2.75) is 65.5 Å². The van der Waals surface area contributed by atoms with Gasteiger partial charge in [0.15, 0.2) is 0 Å². The van der Waals surface area contributed by atoms with E-state index >= 15 is 0 Å². The van der Waals surface area contributed by atoms with Gasteiger partial charge in [-0.3, -0.25) is 9.69 Å². The fourth-order valence-electron chi connectivity index (χ4n) is 2.99. The van der Waals surface area contributed by atoms with Gasteiger partial charge in [-0.05, 0) is 65.8 Å². The number of carbonyl (C=O) groups excluding carboxylic acids is 1. The maximum absolute atomic E-state index is 11.8. The van der Waals surface area contributed by atoms with Crippen LogP contribution >= 0.6 is 0 Å². The second-order valence-electron chi connectivity index (χ2n) is 6.27. The molecule has 1 aliphatic heterocycles. The molecule has 4 heteroatoms. The van der Waals surface area contributed by atoms with E-state index in [0.29, 0.717) is 12.6 Å². The molecule has 1 rings (SSSR count). The smallest absolute Gasteiger partial charge is 0.234 e. The molecule has 0 radical (unpaired) electrons. The minimum atomic E-state index is 0.154.